The third-order valence-corrected chi connectivity index (χ3v) is 2.99. The predicted molar refractivity (Wildman–Crippen MR) is 79.5 cm³/mol. The van der Waals surface area contributed by atoms with E-state index >= 15 is 0 Å². The molecule has 0 unspecified atom stereocenters. The molecular formula is C14H10ClN3O4. The van der Waals surface area contributed by atoms with Gasteiger partial charge in [0.15, 0.2) is 0 Å². The molecular weight excluding hydrogens is 310 g/mol. The molecule has 2 aromatic carbocycles. The number of hydrazine groups is 1. The van der Waals surface area contributed by atoms with E-state index in [1.54, 1.807) is 12.1 Å². The van der Waals surface area contributed by atoms with Gasteiger partial charge in [-0.15, -0.1) is 0 Å². The Kier molecular flexibility index (Phi) is 4.70. The van der Waals surface area contributed by atoms with Crippen molar-refractivity contribution >= 4 is 29.1 Å². The highest BCUT2D eigenvalue weighted by Crippen LogP contribution is 2.12. The molecule has 0 aliphatic rings. The first-order chi connectivity index (χ1) is 10.5. The number of non-ortho nitro benzene ring substituents is 1. The van der Waals surface area contributed by atoms with Crippen molar-refractivity contribution in [2.45, 2.75) is 0 Å². The first-order valence-corrected chi connectivity index (χ1v) is 6.46. The molecule has 22 heavy (non-hydrogen) atoms. The van der Waals surface area contributed by atoms with Gasteiger partial charge < -0.3 is 0 Å². The van der Waals surface area contributed by atoms with Gasteiger partial charge in [-0.05, 0) is 36.4 Å². The number of carbonyl (C=O) groups excluding carboxylic acids is 2. The number of nitro groups is 1. The van der Waals surface area contributed by atoms with Gasteiger partial charge in [-0.3, -0.25) is 30.6 Å². The fourth-order valence-electron chi connectivity index (χ4n) is 1.59. The van der Waals surface area contributed by atoms with Crippen LogP contribution >= 0.6 is 11.6 Å². The van der Waals surface area contributed by atoms with Crippen LogP contribution in [0.3, 0.4) is 0 Å². The number of carbonyl (C=O) groups is 2. The zero-order valence-corrected chi connectivity index (χ0v) is 11.8. The third-order valence-electron chi connectivity index (χ3n) is 2.74. The second-order valence-corrected chi connectivity index (χ2v) is 4.66. The van der Waals surface area contributed by atoms with E-state index in [0.29, 0.717) is 10.6 Å². The van der Waals surface area contributed by atoms with Gasteiger partial charge in [0, 0.05) is 28.3 Å². The largest absolute Gasteiger partial charge is 0.269 e. The maximum absolute atomic E-state index is 11.8. The average molecular weight is 320 g/mol. The number of amides is 2. The van der Waals surface area contributed by atoms with Crippen LogP contribution in [0.5, 0.6) is 0 Å². The third kappa shape index (κ3) is 3.80. The minimum absolute atomic E-state index is 0.123. The molecule has 0 aromatic heterocycles. The first-order valence-electron chi connectivity index (χ1n) is 6.08. The van der Waals surface area contributed by atoms with Gasteiger partial charge in [0.2, 0.25) is 0 Å². The predicted octanol–water partition coefficient (Wildman–Crippen LogP) is 2.32. The fourth-order valence-corrected chi connectivity index (χ4v) is 1.72. The number of nitro benzene ring substituents is 1. The zero-order chi connectivity index (χ0) is 16.1. The van der Waals surface area contributed by atoms with Crippen molar-refractivity contribution < 1.29 is 14.5 Å². The van der Waals surface area contributed by atoms with E-state index in [2.05, 4.69) is 10.9 Å². The molecule has 0 aliphatic heterocycles. The maximum Gasteiger partial charge on any atom is 0.269 e. The van der Waals surface area contributed by atoms with Crippen LogP contribution in [0.4, 0.5) is 5.69 Å². The van der Waals surface area contributed by atoms with Crippen LogP contribution in [0.2, 0.25) is 5.02 Å². The van der Waals surface area contributed by atoms with E-state index < -0.39 is 16.7 Å². The van der Waals surface area contributed by atoms with Crippen LogP contribution in [0, 0.1) is 10.1 Å². The highest BCUT2D eigenvalue weighted by atomic mass is 35.5. The fraction of sp³-hybridized carbons (Fsp3) is 0. The molecule has 0 aliphatic carbocycles. The molecule has 0 saturated carbocycles. The number of rotatable bonds is 3. The summed E-state index contributed by atoms with van der Waals surface area (Å²) in [5.41, 5.74) is 4.84. The molecule has 2 N–H and O–H groups in total. The Morgan fingerprint density at radius 2 is 1.27 bits per heavy atom. The summed E-state index contributed by atoms with van der Waals surface area (Å²) in [5.74, 6) is -1.09. The standard InChI is InChI=1S/C14H10ClN3O4/c15-11-5-1-9(2-6-11)13(19)16-17-14(20)10-3-7-12(8-4-10)18(21)22/h1-8H,(H,16,19)(H,17,20). The minimum atomic E-state index is -0.586. The van der Waals surface area contributed by atoms with Crippen molar-refractivity contribution in [1.29, 1.82) is 0 Å². The second kappa shape index (κ2) is 6.68. The van der Waals surface area contributed by atoms with Gasteiger partial charge in [0.1, 0.15) is 0 Å². The van der Waals surface area contributed by atoms with Gasteiger partial charge in [-0.25, -0.2) is 0 Å². The van der Waals surface area contributed by atoms with E-state index in [9.17, 15) is 19.7 Å². The Balaban J connectivity index is 1.96. The van der Waals surface area contributed by atoms with Crippen LogP contribution in [0.25, 0.3) is 0 Å². The lowest BCUT2D eigenvalue weighted by Crippen LogP contribution is -2.41. The van der Waals surface area contributed by atoms with E-state index in [1.807, 2.05) is 0 Å². The molecule has 0 radical (unpaired) electrons. The molecule has 2 rings (SSSR count). The number of halogens is 1. The van der Waals surface area contributed by atoms with Gasteiger partial charge in [-0.1, -0.05) is 11.6 Å². The molecule has 7 nitrogen and oxygen atoms in total. The van der Waals surface area contributed by atoms with Crippen molar-refractivity contribution in [3.8, 4) is 0 Å². The summed E-state index contributed by atoms with van der Waals surface area (Å²) in [4.78, 5) is 33.5. The molecule has 0 saturated heterocycles. The topological polar surface area (TPSA) is 101 Å². The van der Waals surface area contributed by atoms with Gasteiger partial charge in [0.05, 0.1) is 4.92 Å². The normalized spacial score (nSPS) is 9.86. The molecule has 0 spiro atoms. The minimum Gasteiger partial charge on any atom is -0.267 e. The molecule has 2 amide bonds. The molecule has 0 fully saturated rings. The first kappa shape index (κ1) is 15.5. The zero-order valence-electron chi connectivity index (χ0n) is 11.1. The SMILES string of the molecule is O=C(NNC(=O)c1ccc([N+](=O)[O-])cc1)c1ccc(Cl)cc1. The Morgan fingerprint density at radius 1 is 0.864 bits per heavy atom. The number of hydrogen-bond acceptors (Lipinski definition) is 4. The van der Waals surface area contributed by atoms with Gasteiger partial charge >= 0.3 is 0 Å². The van der Waals surface area contributed by atoms with Crippen LogP contribution < -0.4 is 10.9 Å². The van der Waals surface area contributed by atoms with Crippen LogP contribution in [0.15, 0.2) is 48.5 Å². The number of nitrogens with one attached hydrogen (secondary N) is 2. The van der Waals surface area contributed by atoms with Crippen LogP contribution in [-0.2, 0) is 0 Å². The van der Waals surface area contributed by atoms with E-state index in [4.69, 9.17) is 11.6 Å². The molecule has 8 heteroatoms. The summed E-state index contributed by atoms with van der Waals surface area (Å²) in [6.45, 7) is 0. The van der Waals surface area contributed by atoms with E-state index in [1.165, 1.54) is 36.4 Å². The Bertz CT molecular complexity index is 714. The molecule has 2 aromatic rings. The lowest BCUT2D eigenvalue weighted by atomic mass is 10.2. The summed E-state index contributed by atoms with van der Waals surface area (Å²) in [6, 6.07) is 11.1. The van der Waals surface area contributed by atoms with Gasteiger partial charge in [-0.2, -0.15) is 0 Å². The van der Waals surface area contributed by atoms with Crippen LogP contribution in [0.1, 0.15) is 20.7 Å². The maximum atomic E-state index is 11.8. The highest BCUT2D eigenvalue weighted by Gasteiger charge is 2.11. The van der Waals surface area contributed by atoms with Crippen molar-refractivity contribution in [3.05, 3.63) is 74.8 Å². The number of nitrogens with zero attached hydrogens (tertiary/aromatic N) is 1. The van der Waals surface area contributed by atoms with E-state index in [-0.39, 0.29) is 11.3 Å². The smallest absolute Gasteiger partial charge is 0.267 e. The Morgan fingerprint density at radius 3 is 1.68 bits per heavy atom. The molecule has 0 heterocycles. The van der Waals surface area contributed by atoms with Crippen molar-refractivity contribution in [3.63, 3.8) is 0 Å². The number of benzene rings is 2. The summed E-state index contributed by atoms with van der Waals surface area (Å²) in [7, 11) is 0. The summed E-state index contributed by atoms with van der Waals surface area (Å²) in [5, 5.41) is 11.0. The summed E-state index contributed by atoms with van der Waals surface area (Å²) in [6.07, 6.45) is 0. The Hall–Kier alpha value is -2.93. The monoisotopic (exact) mass is 319 g/mol. The summed E-state index contributed by atoms with van der Waals surface area (Å²) < 4.78 is 0. The molecule has 112 valence electrons. The van der Waals surface area contributed by atoms with Crippen molar-refractivity contribution in [1.82, 2.24) is 10.9 Å². The lowest BCUT2D eigenvalue weighted by molar-refractivity contribution is -0.384. The van der Waals surface area contributed by atoms with Crippen LogP contribution in [-0.4, -0.2) is 16.7 Å². The van der Waals surface area contributed by atoms with Gasteiger partial charge in [0.25, 0.3) is 17.5 Å². The Labute approximate surface area is 130 Å². The van der Waals surface area contributed by atoms with Crippen molar-refractivity contribution in [2.24, 2.45) is 0 Å². The average Bonchev–Trinajstić information content (AvgIpc) is 2.53. The molecule has 0 bridgehead atoms. The lowest BCUT2D eigenvalue weighted by Gasteiger charge is -2.07. The number of hydrogen-bond donors (Lipinski definition) is 2. The quantitative estimate of drug-likeness (QED) is 0.669. The second-order valence-electron chi connectivity index (χ2n) is 4.22. The van der Waals surface area contributed by atoms with Crippen molar-refractivity contribution in [2.75, 3.05) is 0 Å². The summed E-state index contributed by atoms with van der Waals surface area (Å²) >= 11 is 5.71. The van der Waals surface area contributed by atoms with E-state index in [0.717, 1.165) is 0 Å². The molecule has 0 atom stereocenters. The highest BCUT2D eigenvalue weighted by molar-refractivity contribution is 6.30.